The fourth-order valence-electron chi connectivity index (χ4n) is 4.13. The molecule has 0 aromatic heterocycles. The van der Waals surface area contributed by atoms with E-state index in [1.807, 2.05) is 13.0 Å². The Kier molecular flexibility index (Phi) is 5.36. The minimum absolute atomic E-state index is 0.0421. The fourth-order valence-corrected chi connectivity index (χ4v) is 4.13. The number of hydrogen-bond donors (Lipinski definition) is 2. The molecule has 0 aliphatic heterocycles. The van der Waals surface area contributed by atoms with E-state index in [9.17, 15) is 4.39 Å². The highest BCUT2D eigenvalue weighted by Crippen LogP contribution is 2.44. The summed E-state index contributed by atoms with van der Waals surface area (Å²) in [5, 5.41) is 0. The van der Waals surface area contributed by atoms with Crippen molar-refractivity contribution in [2.24, 2.45) is 5.84 Å². The van der Waals surface area contributed by atoms with Crippen LogP contribution in [0, 0.1) is 12.7 Å². The third-order valence-electron chi connectivity index (χ3n) is 5.11. The third-order valence-corrected chi connectivity index (χ3v) is 5.11. The Balaban J connectivity index is 2.45. The van der Waals surface area contributed by atoms with Gasteiger partial charge in [-0.25, -0.2) is 4.39 Å². The van der Waals surface area contributed by atoms with Crippen LogP contribution >= 0.6 is 0 Å². The van der Waals surface area contributed by atoms with Gasteiger partial charge < -0.3 is 0 Å². The highest BCUT2D eigenvalue weighted by atomic mass is 19.1. The Bertz CT molecular complexity index is 465. The molecule has 3 N–H and O–H groups in total. The van der Waals surface area contributed by atoms with E-state index in [2.05, 4.69) is 24.2 Å². The summed E-state index contributed by atoms with van der Waals surface area (Å²) in [5.41, 5.74) is 5.18. The zero-order valence-electron chi connectivity index (χ0n) is 13.5. The number of rotatable bonds is 6. The molecule has 2 rings (SSSR count). The fraction of sp³-hybridized carbons (Fsp3) is 0.647. The summed E-state index contributed by atoms with van der Waals surface area (Å²) in [5.74, 6) is 5.77. The van der Waals surface area contributed by atoms with Gasteiger partial charge in [0.25, 0.3) is 0 Å². The minimum Gasteiger partial charge on any atom is -0.296 e. The summed E-state index contributed by atoms with van der Waals surface area (Å²) in [6.07, 6.45) is 4.74. The lowest BCUT2D eigenvalue weighted by molar-refractivity contribution is 0.0623. The second-order valence-electron chi connectivity index (χ2n) is 6.08. The molecule has 1 fully saturated rings. The normalized spacial score (nSPS) is 19.1. The Morgan fingerprint density at radius 3 is 2.38 bits per heavy atom. The molecule has 1 atom stereocenters. The van der Waals surface area contributed by atoms with Crippen LogP contribution in [0.3, 0.4) is 0 Å². The van der Waals surface area contributed by atoms with Crippen LogP contribution in [0.2, 0.25) is 0 Å². The van der Waals surface area contributed by atoms with Gasteiger partial charge in [-0.2, -0.15) is 0 Å². The first kappa shape index (κ1) is 16.4. The van der Waals surface area contributed by atoms with Crippen LogP contribution in [0.1, 0.15) is 56.7 Å². The Labute approximate surface area is 127 Å². The molecule has 21 heavy (non-hydrogen) atoms. The monoisotopic (exact) mass is 293 g/mol. The van der Waals surface area contributed by atoms with Crippen molar-refractivity contribution in [3.05, 3.63) is 35.1 Å². The quantitative estimate of drug-likeness (QED) is 0.624. The Morgan fingerprint density at radius 1 is 1.29 bits per heavy atom. The maximum Gasteiger partial charge on any atom is 0.123 e. The van der Waals surface area contributed by atoms with Crippen molar-refractivity contribution in [2.45, 2.75) is 58.0 Å². The SMILES string of the molecule is CCN(CC)C1(C(NN)c2ccc(F)cc2C)CCCC1. The second kappa shape index (κ2) is 6.86. The van der Waals surface area contributed by atoms with Crippen LogP contribution < -0.4 is 11.3 Å². The zero-order chi connectivity index (χ0) is 15.5. The predicted octanol–water partition coefficient (Wildman–Crippen LogP) is 3.29. The smallest absolute Gasteiger partial charge is 0.123 e. The number of benzene rings is 1. The van der Waals surface area contributed by atoms with Crippen molar-refractivity contribution in [1.82, 2.24) is 10.3 Å². The number of aryl methyl sites for hydroxylation is 1. The summed E-state index contributed by atoms with van der Waals surface area (Å²) in [6.45, 7) is 8.39. The van der Waals surface area contributed by atoms with Gasteiger partial charge in [0.2, 0.25) is 0 Å². The van der Waals surface area contributed by atoms with E-state index in [4.69, 9.17) is 5.84 Å². The number of nitrogens with two attached hydrogens (primary N) is 1. The summed E-state index contributed by atoms with van der Waals surface area (Å²) in [4.78, 5) is 2.52. The first-order valence-electron chi connectivity index (χ1n) is 8.06. The molecule has 1 aromatic carbocycles. The topological polar surface area (TPSA) is 41.3 Å². The highest BCUT2D eigenvalue weighted by molar-refractivity contribution is 5.32. The van der Waals surface area contributed by atoms with Crippen molar-refractivity contribution < 1.29 is 4.39 Å². The average Bonchev–Trinajstić information content (AvgIpc) is 2.94. The molecule has 1 aliphatic rings. The van der Waals surface area contributed by atoms with Crippen molar-refractivity contribution in [3.8, 4) is 0 Å². The number of likely N-dealkylation sites (N-methyl/N-ethyl adjacent to an activating group) is 1. The van der Waals surface area contributed by atoms with Crippen LogP contribution in [-0.4, -0.2) is 23.5 Å². The highest BCUT2D eigenvalue weighted by Gasteiger charge is 2.45. The van der Waals surface area contributed by atoms with E-state index < -0.39 is 0 Å². The number of nitrogens with one attached hydrogen (secondary N) is 1. The average molecular weight is 293 g/mol. The van der Waals surface area contributed by atoms with Crippen LogP contribution in [0.4, 0.5) is 4.39 Å². The lowest BCUT2D eigenvalue weighted by Crippen LogP contribution is -2.56. The van der Waals surface area contributed by atoms with Gasteiger partial charge in [-0.1, -0.05) is 32.8 Å². The first-order chi connectivity index (χ1) is 10.1. The van der Waals surface area contributed by atoms with Gasteiger partial charge in [-0.3, -0.25) is 16.2 Å². The standard InChI is InChI=1S/C17H28FN3/c1-4-21(5-2)17(10-6-7-11-17)16(20-19)15-9-8-14(18)12-13(15)3/h8-9,12,16,20H,4-7,10-11,19H2,1-3H3. The van der Waals surface area contributed by atoms with Gasteiger partial charge in [0, 0.05) is 5.54 Å². The molecule has 4 heteroatoms. The molecular weight excluding hydrogens is 265 g/mol. The Morgan fingerprint density at radius 2 is 1.90 bits per heavy atom. The number of hydrazine groups is 1. The van der Waals surface area contributed by atoms with E-state index in [0.717, 1.165) is 37.1 Å². The number of halogens is 1. The van der Waals surface area contributed by atoms with Gasteiger partial charge in [-0.05, 0) is 56.1 Å². The summed E-state index contributed by atoms with van der Waals surface area (Å²) in [7, 11) is 0. The predicted molar refractivity (Wildman–Crippen MR) is 85.3 cm³/mol. The van der Waals surface area contributed by atoms with Crippen molar-refractivity contribution in [3.63, 3.8) is 0 Å². The van der Waals surface area contributed by atoms with Crippen LogP contribution in [-0.2, 0) is 0 Å². The van der Waals surface area contributed by atoms with E-state index in [1.54, 1.807) is 6.07 Å². The molecule has 0 saturated heterocycles. The van der Waals surface area contributed by atoms with Gasteiger partial charge in [0.1, 0.15) is 5.82 Å². The lowest BCUT2D eigenvalue weighted by Gasteiger charge is -2.46. The molecule has 118 valence electrons. The summed E-state index contributed by atoms with van der Waals surface area (Å²) < 4.78 is 13.4. The first-order valence-corrected chi connectivity index (χ1v) is 8.06. The second-order valence-corrected chi connectivity index (χ2v) is 6.08. The van der Waals surface area contributed by atoms with Crippen molar-refractivity contribution >= 4 is 0 Å². The van der Waals surface area contributed by atoms with E-state index in [-0.39, 0.29) is 17.4 Å². The third kappa shape index (κ3) is 2.98. The molecule has 0 amide bonds. The van der Waals surface area contributed by atoms with E-state index in [1.165, 1.54) is 18.9 Å². The maximum atomic E-state index is 13.4. The lowest BCUT2D eigenvalue weighted by atomic mass is 9.80. The van der Waals surface area contributed by atoms with Gasteiger partial charge in [0.15, 0.2) is 0 Å². The largest absolute Gasteiger partial charge is 0.296 e. The van der Waals surface area contributed by atoms with E-state index >= 15 is 0 Å². The van der Waals surface area contributed by atoms with Gasteiger partial charge >= 0.3 is 0 Å². The molecule has 3 nitrogen and oxygen atoms in total. The molecular formula is C17H28FN3. The van der Waals surface area contributed by atoms with Gasteiger partial charge in [0.05, 0.1) is 6.04 Å². The molecule has 0 spiro atoms. The molecule has 0 heterocycles. The van der Waals surface area contributed by atoms with Gasteiger partial charge in [-0.15, -0.1) is 0 Å². The van der Waals surface area contributed by atoms with E-state index in [0.29, 0.717) is 0 Å². The molecule has 1 aliphatic carbocycles. The number of hydrogen-bond acceptors (Lipinski definition) is 3. The van der Waals surface area contributed by atoms with Crippen molar-refractivity contribution in [1.29, 1.82) is 0 Å². The minimum atomic E-state index is -0.185. The Hall–Kier alpha value is -0.970. The maximum absolute atomic E-state index is 13.4. The number of nitrogens with zero attached hydrogens (tertiary/aromatic N) is 1. The van der Waals surface area contributed by atoms with Crippen LogP contribution in [0.15, 0.2) is 18.2 Å². The molecule has 0 radical (unpaired) electrons. The van der Waals surface area contributed by atoms with Crippen LogP contribution in [0.5, 0.6) is 0 Å². The zero-order valence-corrected chi connectivity index (χ0v) is 13.5. The summed E-state index contributed by atoms with van der Waals surface area (Å²) >= 11 is 0. The molecule has 1 aromatic rings. The van der Waals surface area contributed by atoms with Crippen LogP contribution in [0.25, 0.3) is 0 Å². The molecule has 1 saturated carbocycles. The molecule has 1 unspecified atom stereocenters. The van der Waals surface area contributed by atoms with Crippen molar-refractivity contribution in [2.75, 3.05) is 13.1 Å². The summed E-state index contributed by atoms with van der Waals surface area (Å²) in [6, 6.07) is 5.07. The molecule has 0 bridgehead atoms.